The molecule has 0 saturated carbocycles. The Morgan fingerprint density at radius 3 is 1.56 bits per heavy atom. The highest BCUT2D eigenvalue weighted by Crippen LogP contribution is 2.23. The van der Waals surface area contributed by atoms with Gasteiger partial charge in [-0.15, -0.1) is 0 Å². The molecule has 1 atom stereocenters. The van der Waals surface area contributed by atoms with Crippen molar-refractivity contribution in [3.8, 4) is 0 Å². The standard InChI is InChI=1S/C22H50N2O6Si2/c1-7-25-31(26-8-2,27-9-3)19-13-15-22-21-23-16-18-24(22)17-14-20-32(28-10-4,29-11-5)30-12-6/h22-23H,7-21H2,1-6H3. The van der Waals surface area contributed by atoms with Gasteiger partial charge in [0, 0.05) is 77.4 Å². The van der Waals surface area contributed by atoms with E-state index in [1.54, 1.807) is 0 Å². The molecule has 0 amide bonds. The summed E-state index contributed by atoms with van der Waals surface area (Å²) in [4.78, 5) is 2.62. The maximum atomic E-state index is 6.03. The smallest absolute Gasteiger partial charge is 0.374 e. The lowest BCUT2D eigenvalue weighted by molar-refractivity contribution is 0.0663. The summed E-state index contributed by atoms with van der Waals surface area (Å²) in [5.74, 6) is 0. The minimum Gasteiger partial charge on any atom is -0.374 e. The third kappa shape index (κ3) is 10.6. The van der Waals surface area contributed by atoms with E-state index in [1.165, 1.54) is 0 Å². The first-order chi connectivity index (χ1) is 15.5. The van der Waals surface area contributed by atoms with E-state index in [9.17, 15) is 0 Å². The molecule has 10 heteroatoms. The normalized spacial score (nSPS) is 18.4. The Bertz CT molecular complexity index is 390. The number of hydrogen-bond donors (Lipinski definition) is 1. The van der Waals surface area contributed by atoms with E-state index in [0.29, 0.717) is 45.7 Å². The first-order valence-corrected chi connectivity index (χ1v) is 16.7. The minimum atomic E-state index is -2.57. The van der Waals surface area contributed by atoms with Gasteiger partial charge >= 0.3 is 17.6 Å². The molecule has 0 spiro atoms. The fourth-order valence-corrected chi connectivity index (χ4v) is 9.67. The SMILES string of the molecule is CCO[Si](CCCC1CNCCN1CCC[Si](OCC)(OCC)OCC)(OCC)OCC. The van der Waals surface area contributed by atoms with Crippen LogP contribution in [0.4, 0.5) is 0 Å². The molecule has 0 aliphatic carbocycles. The van der Waals surface area contributed by atoms with Gasteiger partial charge in [0.1, 0.15) is 0 Å². The molecule has 8 nitrogen and oxygen atoms in total. The summed E-state index contributed by atoms with van der Waals surface area (Å²) in [6, 6.07) is 2.26. The van der Waals surface area contributed by atoms with E-state index >= 15 is 0 Å². The fraction of sp³-hybridized carbons (Fsp3) is 1.00. The van der Waals surface area contributed by atoms with E-state index in [-0.39, 0.29) is 0 Å². The van der Waals surface area contributed by atoms with Crippen molar-refractivity contribution in [2.75, 3.05) is 65.8 Å². The van der Waals surface area contributed by atoms with Crippen LogP contribution in [0.15, 0.2) is 0 Å². The van der Waals surface area contributed by atoms with Gasteiger partial charge in [-0.25, -0.2) is 0 Å². The molecule has 1 fully saturated rings. The van der Waals surface area contributed by atoms with Crippen molar-refractivity contribution in [3.63, 3.8) is 0 Å². The largest absolute Gasteiger partial charge is 0.500 e. The first kappa shape index (κ1) is 30.1. The average Bonchev–Trinajstić information content (AvgIpc) is 2.76. The highest BCUT2D eigenvalue weighted by Gasteiger charge is 2.41. The lowest BCUT2D eigenvalue weighted by Gasteiger charge is -2.37. The molecule has 192 valence electrons. The maximum Gasteiger partial charge on any atom is 0.500 e. The van der Waals surface area contributed by atoms with Gasteiger partial charge < -0.3 is 31.9 Å². The maximum absolute atomic E-state index is 6.03. The van der Waals surface area contributed by atoms with Crippen molar-refractivity contribution in [1.29, 1.82) is 0 Å². The molecule has 1 aliphatic rings. The summed E-state index contributed by atoms with van der Waals surface area (Å²) >= 11 is 0. The van der Waals surface area contributed by atoms with Gasteiger partial charge in [0.25, 0.3) is 0 Å². The quantitative estimate of drug-likeness (QED) is 0.258. The van der Waals surface area contributed by atoms with Crippen LogP contribution < -0.4 is 5.32 Å². The van der Waals surface area contributed by atoms with Crippen LogP contribution in [0.1, 0.15) is 60.8 Å². The van der Waals surface area contributed by atoms with E-state index < -0.39 is 17.6 Å². The molecular weight excluding hydrogens is 444 g/mol. The van der Waals surface area contributed by atoms with Gasteiger partial charge in [-0.05, 0) is 67.3 Å². The van der Waals surface area contributed by atoms with Gasteiger partial charge in [0.15, 0.2) is 0 Å². The molecule has 0 aromatic heterocycles. The number of nitrogens with one attached hydrogen (secondary N) is 1. The van der Waals surface area contributed by atoms with Crippen LogP contribution in [-0.2, 0) is 26.6 Å². The van der Waals surface area contributed by atoms with Crippen molar-refractivity contribution in [1.82, 2.24) is 10.2 Å². The van der Waals surface area contributed by atoms with Crippen molar-refractivity contribution < 1.29 is 26.6 Å². The van der Waals surface area contributed by atoms with Crippen molar-refractivity contribution in [2.45, 2.75) is 78.9 Å². The summed E-state index contributed by atoms with van der Waals surface area (Å²) in [6.07, 6.45) is 3.18. The lowest BCUT2D eigenvalue weighted by atomic mass is 10.1. The van der Waals surface area contributed by atoms with Crippen LogP contribution in [0.3, 0.4) is 0 Å². The summed E-state index contributed by atoms with van der Waals surface area (Å²) < 4.78 is 36.2. The zero-order valence-corrected chi connectivity index (χ0v) is 23.6. The first-order valence-electron chi connectivity index (χ1n) is 12.8. The Morgan fingerprint density at radius 2 is 1.12 bits per heavy atom. The highest BCUT2D eigenvalue weighted by molar-refractivity contribution is 6.61. The summed E-state index contributed by atoms with van der Waals surface area (Å²) in [5, 5.41) is 3.57. The topological polar surface area (TPSA) is 70.7 Å². The van der Waals surface area contributed by atoms with Gasteiger partial charge in [-0.3, -0.25) is 4.90 Å². The van der Waals surface area contributed by atoms with Gasteiger partial charge in [-0.2, -0.15) is 0 Å². The lowest BCUT2D eigenvalue weighted by Crippen LogP contribution is -2.52. The molecule has 0 aromatic rings. The van der Waals surface area contributed by atoms with Crippen LogP contribution >= 0.6 is 0 Å². The highest BCUT2D eigenvalue weighted by atomic mass is 28.4. The minimum absolute atomic E-state index is 0.516. The van der Waals surface area contributed by atoms with Gasteiger partial charge in [0.05, 0.1) is 0 Å². The molecule has 1 rings (SSSR count). The second-order valence-corrected chi connectivity index (χ2v) is 13.3. The number of nitrogens with zero attached hydrogens (tertiary/aromatic N) is 1. The van der Waals surface area contributed by atoms with Crippen LogP contribution in [0, 0.1) is 0 Å². The average molecular weight is 495 g/mol. The third-order valence-corrected chi connectivity index (χ3v) is 11.9. The molecule has 32 heavy (non-hydrogen) atoms. The zero-order chi connectivity index (χ0) is 23.7. The Hall–Kier alpha value is 0.114. The van der Waals surface area contributed by atoms with E-state index in [0.717, 1.165) is 57.5 Å². The summed E-state index contributed by atoms with van der Waals surface area (Å²) in [6.45, 7) is 20.1. The van der Waals surface area contributed by atoms with E-state index in [1.807, 2.05) is 41.5 Å². The van der Waals surface area contributed by atoms with Crippen molar-refractivity contribution in [3.05, 3.63) is 0 Å². The van der Waals surface area contributed by atoms with Crippen molar-refractivity contribution in [2.24, 2.45) is 0 Å². The molecule has 0 aromatic carbocycles. The molecule has 1 heterocycles. The van der Waals surface area contributed by atoms with E-state index in [4.69, 9.17) is 26.6 Å². The molecule has 1 N–H and O–H groups in total. The van der Waals surface area contributed by atoms with Crippen LogP contribution in [-0.4, -0.2) is 94.4 Å². The Balaban J connectivity index is 2.62. The molecule has 1 unspecified atom stereocenters. The van der Waals surface area contributed by atoms with Gasteiger partial charge in [0.2, 0.25) is 0 Å². The van der Waals surface area contributed by atoms with E-state index in [2.05, 4.69) is 10.2 Å². The monoisotopic (exact) mass is 494 g/mol. The second-order valence-electron chi connectivity index (χ2n) is 7.85. The van der Waals surface area contributed by atoms with Crippen molar-refractivity contribution >= 4 is 17.6 Å². The molecule has 1 saturated heterocycles. The van der Waals surface area contributed by atoms with Crippen LogP contribution in [0.25, 0.3) is 0 Å². The van der Waals surface area contributed by atoms with Crippen LogP contribution in [0.2, 0.25) is 12.1 Å². The predicted octanol–water partition coefficient (Wildman–Crippen LogP) is 3.53. The second kappa shape index (κ2) is 17.5. The number of rotatable bonds is 20. The molecule has 0 bridgehead atoms. The predicted molar refractivity (Wildman–Crippen MR) is 133 cm³/mol. The third-order valence-electron chi connectivity index (χ3n) is 5.61. The molecule has 1 aliphatic heterocycles. The number of hydrogen-bond acceptors (Lipinski definition) is 8. The van der Waals surface area contributed by atoms with Gasteiger partial charge in [-0.1, -0.05) is 0 Å². The summed E-state index contributed by atoms with van der Waals surface area (Å²) in [7, 11) is -5.13. The molecular formula is C22H50N2O6Si2. The van der Waals surface area contributed by atoms with Crippen LogP contribution in [0.5, 0.6) is 0 Å². The number of piperazine rings is 1. The molecule has 0 radical (unpaired) electrons. The Kier molecular flexibility index (Phi) is 16.5. The summed E-state index contributed by atoms with van der Waals surface area (Å²) in [5.41, 5.74) is 0. The Labute approximate surface area is 199 Å². The zero-order valence-electron chi connectivity index (χ0n) is 21.6. The Morgan fingerprint density at radius 1 is 0.688 bits per heavy atom. The fourth-order valence-electron chi connectivity index (χ4n) is 4.44.